The zero-order valence-corrected chi connectivity index (χ0v) is 12.6. The Morgan fingerprint density at radius 1 is 0.944 bits per heavy atom. The Bertz CT molecular complexity index is 334. The van der Waals surface area contributed by atoms with Gasteiger partial charge < -0.3 is 10.1 Å². The third kappa shape index (κ3) is 6.18. The lowest BCUT2D eigenvalue weighted by atomic mass is 10.0. The minimum Gasteiger partial charge on any atom is -0.371 e. The van der Waals surface area contributed by atoms with Gasteiger partial charge in [0.15, 0.2) is 0 Å². The molecule has 0 aromatic heterocycles. The molecule has 0 saturated carbocycles. The number of benzene rings is 1. The van der Waals surface area contributed by atoms with Crippen LogP contribution in [0.15, 0.2) is 24.3 Å². The van der Waals surface area contributed by atoms with E-state index in [1.54, 1.807) is 0 Å². The van der Waals surface area contributed by atoms with E-state index >= 15 is 0 Å². The average molecular weight is 249 g/mol. The molecule has 0 unspecified atom stereocenters. The molecule has 0 saturated heterocycles. The molecule has 0 atom stereocenters. The summed E-state index contributed by atoms with van der Waals surface area (Å²) in [7, 11) is 0. The van der Waals surface area contributed by atoms with Gasteiger partial charge in [-0.15, -0.1) is 0 Å². The molecule has 0 spiro atoms. The van der Waals surface area contributed by atoms with E-state index in [-0.39, 0.29) is 11.1 Å². The van der Waals surface area contributed by atoms with Gasteiger partial charge in [-0.05, 0) is 52.7 Å². The van der Waals surface area contributed by atoms with Gasteiger partial charge in [-0.25, -0.2) is 0 Å². The van der Waals surface area contributed by atoms with Crippen LogP contribution in [-0.2, 0) is 17.9 Å². The second kappa shape index (κ2) is 5.85. The van der Waals surface area contributed by atoms with E-state index in [0.717, 1.165) is 6.54 Å². The molecule has 1 rings (SSSR count). The summed E-state index contributed by atoms with van der Waals surface area (Å²) in [4.78, 5) is 0. The third-order valence-electron chi connectivity index (χ3n) is 2.59. The maximum absolute atomic E-state index is 5.86. The van der Waals surface area contributed by atoms with E-state index in [1.165, 1.54) is 11.1 Å². The molecular formula is C16H27NO. The van der Waals surface area contributed by atoms with Crippen molar-refractivity contribution in [3.63, 3.8) is 0 Å². The predicted molar refractivity (Wildman–Crippen MR) is 77.6 cm³/mol. The van der Waals surface area contributed by atoms with E-state index in [4.69, 9.17) is 4.74 Å². The van der Waals surface area contributed by atoms with Crippen molar-refractivity contribution in [1.82, 2.24) is 5.32 Å². The number of nitrogens with one attached hydrogen (secondary N) is 1. The molecule has 0 bridgehead atoms. The van der Waals surface area contributed by atoms with Gasteiger partial charge in [-0.3, -0.25) is 0 Å². The zero-order chi connectivity index (χ0) is 13.8. The summed E-state index contributed by atoms with van der Waals surface area (Å²) in [6.45, 7) is 14.4. The van der Waals surface area contributed by atoms with Gasteiger partial charge in [0, 0.05) is 12.1 Å². The van der Waals surface area contributed by atoms with Crippen molar-refractivity contribution in [1.29, 1.82) is 0 Å². The molecule has 18 heavy (non-hydrogen) atoms. The normalized spacial score (nSPS) is 12.8. The van der Waals surface area contributed by atoms with Gasteiger partial charge in [0.2, 0.25) is 0 Å². The summed E-state index contributed by atoms with van der Waals surface area (Å²) >= 11 is 0. The fourth-order valence-corrected chi connectivity index (χ4v) is 1.53. The Morgan fingerprint density at radius 3 is 2.00 bits per heavy atom. The molecule has 102 valence electrons. The van der Waals surface area contributed by atoms with Gasteiger partial charge in [0.05, 0.1) is 12.2 Å². The third-order valence-corrected chi connectivity index (χ3v) is 2.59. The first-order valence-corrected chi connectivity index (χ1v) is 6.63. The molecule has 0 radical (unpaired) electrons. The first kappa shape index (κ1) is 15.2. The smallest absolute Gasteiger partial charge is 0.0727 e. The van der Waals surface area contributed by atoms with Crippen LogP contribution in [0.3, 0.4) is 0 Å². The zero-order valence-electron chi connectivity index (χ0n) is 12.6. The topological polar surface area (TPSA) is 21.3 Å². The lowest BCUT2D eigenvalue weighted by molar-refractivity contribution is -0.0153. The summed E-state index contributed by atoms with van der Waals surface area (Å²) in [6, 6.07) is 8.47. The SMILES string of the molecule is CC(C)(C)NCc1ccccc1COC(C)(C)C. The van der Waals surface area contributed by atoms with E-state index < -0.39 is 0 Å². The van der Waals surface area contributed by atoms with Gasteiger partial charge in [-0.2, -0.15) is 0 Å². The Hall–Kier alpha value is -0.860. The fraction of sp³-hybridized carbons (Fsp3) is 0.625. The van der Waals surface area contributed by atoms with Gasteiger partial charge >= 0.3 is 0 Å². The molecule has 2 heteroatoms. The molecule has 1 N–H and O–H groups in total. The largest absolute Gasteiger partial charge is 0.371 e. The Kier molecular flexibility index (Phi) is 4.94. The van der Waals surface area contributed by atoms with Crippen LogP contribution >= 0.6 is 0 Å². The van der Waals surface area contributed by atoms with Crippen molar-refractivity contribution in [2.45, 2.75) is 65.8 Å². The van der Waals surface area contributed by atoms with E-state index in [0.29, 0.717) is 6.61 Å². The number of hydrogen-bond donors (Lipinski definition) is 1. The fourth-order valence-electron chi connectivity index (χ4n) is 1.53. The van der Waals surface area contributed by atoms with Crippen molar-refractivity contribution in [2.75, 3.05) is 0 Å². The second-order valence-corrected chi connectivity index (χ2v) is 6.77. The van der Waals surface area contributed by atoms with Crippen LogP contribution in [0, 0.1) is 0 Å². The molecule has 2 nitrogen and oxygen atoms in total. The summed E-state index contributed by atoms with van der Waals surface area (Å²) in [5, 5.41) is 3.52. The number of ether oxygens (including phenoxy) is 1. The van der Waals surface area contributed by atoms with E-state index in [9.17, 15) is 0 Å². The first-order chi connectivity index (χ1) is 8.17. The lowest BCUT2D eigenvalue weighted by Crippen LogP contribution is -2.35. The molecule has 0 fully saturated rings. The van der Waals surface area contributed by atoms with E-state index in [2.05, 4.69) is 71.1 Å². The maximum atomic E-state index is 5.86. The first-order valence-electron chi connectivity index (χ1n) is 6.63. The average Bonchev–Trinajstić information content (AvgIpc) is 2.22. The monoisotopic (exact) mass is 249 g/mol. The maximum Gasteiger partial charge on any atom is 0.0727 e. The Morgan fingerprint density at radius 2 is 1.50 bits per heavy atom. The van der Waals surface area contributed by atoms with Gasteiger partial charge in [-0.1, -0.05) is 24.3 Å². The summed E-state index contributed by atoms with van der Waals surface area (Å²) in [5.41, 5.74) is 2.63. The molecule has 0 aliphatic carbocycles. The highest BCUT2D eigenvalue weighted by Gasteiger charge is 2.13. The molecule has 1 aromatic carbocycles. The van der Waals surface area contributed by atoms with Crippen molar-refractivity contribution in [3.05, 3.63) is 35.4 Å². The lowest BCUT2D eigenvalue weighted by Gasteiger charge is -2.23. The van der Waals surface area contributed by atoms with Crippen LogP contribution < -0.4 is 5.32 Å². The van der Waals surface area contributed by atoms with E-state index in [1.807, 2.05) is 0 Å². The standard InChI is InChI=1S/C16H27NO/c1-15(2,3)17-11-13-9-7-8-10-14(13)12-18-16(4,5)6/h7-10,17H,11-12H2,1-6H3. The minimum absolute atomic E-state index is 0.0927. The molecule has 0 heterocycles. The highest BCUT2D eigenvalue weighted by molar-refractivity contribution is 5.26. The van der Waals surface area contributed by atoms with Gasteiger partial charge in [0.25, 0.3) is 0 Å². The van der Waals surface area contributed by atoms with Crippen molar-refractivity contribution < 1.29 is 4.74 Å². The minimum atomic E-state index is -0.0927. The molecule has 0 aliphatic rings. The molecule has 1 aromatic rings. The highest BCUT2D eigenvalue weighted by atomic mass is 16.5. The molecule has 0 amide bonds. The summed E-state index contributed by atoms with van der Waals surface area (Å²) in [5.74, 6) is 0. The van der Waals surface area contributed by atoms with Crippen LogP contribution in [0.25, 0.3) is 0 Å². The predicted octanol–water partition coefficient (Wildman–Crippen LogP) is 3.89. The quantitative estimate of drug-likeness (QED) is 0.874. The Balaban J connectivity index is 2.68. The van der Waals surface area contributed by atoms with Crippen molar-refractivity contribution in [3.8, 4) is 0 Å². The second-order valence-electron chi connectivity index (χ2n) is 6.77. The highest BCUT2D eigenvalue weighted by Crippen LogP contribution is 2.16. The number of hydrogen-bond acceptors (Lipinski definition) is 2. The molecule has 0 aliphatic heterocycles. The van der Waals surface area contributed by atoms with Crippen LogP contribution in [0.5, 0.6) is 0 Å². The van der Waals surface area contributed by atoms with Gasteiger partial charge in [0.1, 0.15) is 0 Å². The van der Waals surface area contributed by atoms with Crippen LogP contribution in [0.1, 0.15) is 52.7 Å². The summed E-state index contributed by atoms with van der Waals surface area (Å²) < 4.78 is 5.86. The van der Waals surface area contributed by atoms with Crippen LogP contribution in [-0.4, -0.2) is 11.1 Å². The van der Waals surface area contributed by atoms with Crippen molar-refractivity contribution >= 4 is 0 Å². The van der Waals surface area contributed by atoms with Crippen molar-refractivity contribution in [2.24, 2.45) is 0 Å². The number of rotatable bonds is 4. The summed E-state index contributed by atoms with van der Waals surface area (Å²) in [6.07, 6.45) is 0. The molecular weight excluding hydrogens is 222 g/mol. The van der Waals surface area contributed by atoms with Crippen LogP contribution in [0.2, 0.25) is 0 Å². The Labute approximate surface area is 112 Å². The van der Waals surface area contributed by atoms with Crippen LogP contribution in [0.4, 0.5) is 0 Å².